The SMILES string of the molecule is COCCNCCCN(C)C1CCSC1. The second kappa shape index (κ2) is 8.39. The molecule has 3 nitrogen and oxygen atoms in total. The van der Waals surface area contributed by atoms with Crippen LogP contribution in [-0.2, 0) is 4.74 Å². The van der Waals surface area contributed by atoms with Crippen LogP contribution in [0.3, 0.4) is 0 Å². The Morgan fingerprint density at radius 1 is 1.47 bits per heavy atom. The molecule has 1 saturated heterocycles. The minimum Gasteiger partial charge on any atom is -0.383 e. The molecule has 0 saturated carbocycles. The minimum absolute atomic E-state index is 0.815. The highest BCUT2D eigenvalue weighted by Crippen LogP contribution is 2.21. The van der Waals surface area contributed by atoms with E-state index in [0.29, 0.717) is 0 Å². The van der Waals surface area contributed by atoms with Crippen molar-refractivity contribution >= 4 is 11.8 Å². The van der Waals surface area contributed by atoms with Crippen LogP contribution in [0.25, 0.3) is 0 Å². The predicted octanol–water partition coefficient (Wildman–Crippen LogP) is 1.05. The van der Waals surface area contributed by atoms with Crippen molar-refractivity contribution in [1.82, 2.24) is 10.2 Å². The lowest BCUT2D eigenvalue weighted by molar-refractivity contribution is 0.198. The summed E-state index contributed by atoms with van der Waals surface area (Å²) in [7, 11) is 4.00. The van der Waals surface area contributed by atoms with E-state index in [-0.39, 0.29) is 0 Å². The van der Waals surface area contributed by atoms with Crippen molar-refractivity contribution in [2.24, 2.45) is 0 Å². The molecule has 0 bridgehead atoms. The Hall–Kier alpha value is 0.230. The summed E-state index contributed by atoms with van der Waals surface area (Å²) in [6, 6.07) is 0.828. The Bertz CT molecular complexity index is 152. The molecule has 1 rings (SSSR count). The van der Waals surface area contributed by atoms with Crippen LogP contribution < -0.4 is 5.32 Å². The zero-order chi connectivity index (χ0) is 10.9. The average Bonchev–Trinajstić information content (AvgIpc) is 2.76. The molecule has 90 valence electrons. The Kier molecular flexibility index (Phi) is 7.44. The van der Waals surface area contributed by atoms with E-state index in [1.54, 1.807) is 7.11 Å². The van der Waals surface area contributed by atoms with Crippen LogP contribution in [0.2, 0.25) is 0 Å². The van der Waals surface area contributed by atoms with E-state index >= 15 is 0 Å². The molecular weight excluding hydrogens is 208 g/mol. The number of nitrogens with one attached hydrogen (secondary N) is 1. The van der Waals surface area contributed by atoms with E-state index in [1.807, 2.05) is 0 Å². The fourth-order valence-corrected chi connectivity index (χ4v) is 3.10. The van der Waals surface area contributed by atoms with Gasteiger partial charge in [-0.25, -0.2) is 0 Å². The highest BCUT2D eigenvalue weighted by atomic mass is 32.2. The molecule has 1 N–H and O–H groups in total. The maximum atomic E-state index is 4.98. The molecule has 0 aliphatic carbocycles. The van der Waals surface area contributed by atoms with Gasteiger partial charge in [-0.2, -0.15) is 11.8 Å². The van der Waals surface area contributed by atoms with E-state index in [9.17, 15) is 0 Å². The third kappa shape index (κ3) is 5.76. The number of hydrogen-bond donors (Lipinski definition) is 1. The minimum atomic E-state index is 0.815. The van der Waals surface area contributed by atoms with Gasteiger partial charge in [-0.3, -0.25) is 0 Å². The Labute approximate surface area is 97.9 Å². The van der Waals surface area contributed by atoms with Gasteiger partial charge in [-0.1, -0.05) is 0 Å². The first-order chi connectivity index (χ1) is 7.34. The van der Waals surface area contributed by atoms with Crippen LogP contribution in [0.1, 0.15) is 12.8 Å². The number of thioether (sulfide) groups is 1. The van der Waals surface area contributed by atoms with Gasteiger partial charge in [0, 0.05) is 25.4 Å². The quantitative estimate of drug-likeness (QED) is 0.632. The van der Waals surface area contributed by atoms with Crippen molar-refractivity contribution in [3.8, 4) is 0 Å². The first-order valence-corrected chi connectivity index (χ1v) is 6.97. The highest BCUT2D eigenvalue weighted by Gasteiger charge is 2.18. The van der Waals surface area contributed by atoms with Gasteiger partial charge in [-0.15, -0.1) is 0 Å². The molecule has 1 unspecified atom stereocenters. The summed E-state index contributed by atoms with van der Waals surface area (Å²) in [5.74, 6) is 2.68. The average molecular weight is 232 g/mol. The van der Waals surface area contributed by atoms with Gasteiger partial charge in [0.2, 0.25) is 0 Å². The van der Waals surface area contributed by atoms with Crippen molar-refractivity contribution in [2.75, 3.05) is 51.9 Å². The lowest BCUT2D eigenvalue weighted by Crippen LogP contribution is -2.34. The molecule has 4 heteroatoms. The second-order valence-corrected chi connectivity index (χ2v) is 5.24. The molecule has 0 aromatic carbocycles. The zero-order valence-corrected chi connectivity index (χ0v) is 10.8. The smallest absolute Gasteiger partial charge is 0.0587 e. The Morgan fingerprint density at radius 3 is 3.00 bits per heavy atom. The van der Waals surface area contributed by atoms with Gasteiger partial charge in [0.05, 0.1) is 6.61 Å². The van der Waals surface area contributed by atoms with Crippen molar-refractivity contribution in [2.45, 2.75) is 18.9 Å². The fraction of sp³-hybridized carbons (Fsp3) is 1.00. The molecule has 0 radical (unpaired) electrons. The largest absolute Gasteiger partial charge is 0.383 e. The van der Waals surface area contributed by atoms with Crippen molar-refractivity contribution in [3.05, 3.63) is 0 Å². The fourth-order valence-electron chi connectivity index (χ4n) is 1.80. The van der Waals surface area contributed by atoms with E-state index in [0.717, 1.165) is 25.7 Å². The maximum Gasteiger partial charge on any atom is 0.0587 e. The van der Waals surface area contributed by atoms with Crippen LogP contribution in [0.15, 0.2) is 0 Å². The van der Waals surface area contributed by atoms with E-state index in [2.05, 4.69) is 29.0 Å². The van der Waals surface area contributed by atoms with Gasteiger partial charge < -0.3 is 15.0 Å². The van der Waals surface area contributed by atoms with Crippen LogP contribution in [0.5, 0.6) is 0 Å². The molecule has 1 atom stereocenters. The lowest BCUT2D eigenvalue weighted by Gasteiger charge is -2.23. The summed E-state index contributed by atoms with van der Waals surface area (Å²) >= 11 is 2.09. The predicted molar refractivity (Wildman–Crippen MR) is 67.7 cm³/mol. The third-order valence-corrected chi connectivity index (χ3v) is 4.02. The summed E-state index contributed by atoms with van der Waals surface area (Å²) in [4.78, 5) is 2.51. The van der Waals surface area contributed by atoms with Gasteiger partial charge in [0.25, 0.3) is 0 Å². The highest BCUT2D eigenvalue weighted by molar-refractivity contribution is 7.99. The van der Waals surface area contributed by atoms with Crippen LogP contribution in [-0.4, -0.2) is 62.8 Å². The zero-order valence-electron chi connectivity index (χ0n) is 10.00. The number of hydrogen-bond acceptors (Lipinski definition) is 4. The lowest BCUT2D eigenvalue weighted by atomic mass is 10.2. The standard InChI is InChI=1S/C11H24N2OS/c1-13(11-4-9-15-10-11)7-3-5-12-6-8-14-2/h11-12H,3-10H2,1-2H3. The number of rotatable bonds is 8. The number of nitrogens with zero attached hydrogens (tertiary/aromatic N) is 1. The Balaban J connectivity index is 1.90. The van der Waals surface area contributed by atoms with Crippen molar-refractivity contribution in [3.63, 3.8) is 0 Å². The van der Waals surface area contributed by atoms with E-state index in [4.69, 9.17) is 4.74 Å². The van der Waals surface area contributed by atoms with Crippen molar-refractivity contribution in [1.29, 1.82) is 0 Å². The summed E-state index contributed by atoms with van der Waals surface area (Å²) in [6.07, 6.45) is 2.61. The maximum absolute atomic E-state index is 4.98. The summed E-state index contributed by atoms with van der Waals surface area (Å²) in [5, 5.41) is 3.38. The molecule has 1 aliphatic rings. The number of methoxy groups -OCH3 is 1. The second-order valence-electron chi connectivity index (χ2n) is 4.09. The molecular formula is C11H24N2OS. The first kappa shape index (κ1) is 13.3. The topological polar surface area (TPSA) is 24.5 Å². The van der Waals surface area contributed by atoms with Crippen LogP contribution >= 0.6 is 11.8 Å². The van der Waals surface area contributed by atoms with E-state index in [1.165, 1.54) is 30.9 Å². The van der Waals surface area contributed by atoms with Gasteiger partial charge in [0.15, 0.2) is 0 Å². The summed E-state index contributed by atoms with van der Waals surface area (Å²) in [5.41, 5.74) is 0. The molecule has 0 amide bonds. The summed E-state index contributed by atoms with van der Waals surface area (Å²) < 4.78 is 4.98. The van der Waals surface area contributed by atoms with Crippen molar-refractivity contribution < 1.29 is 4.74 Å². The van der Waals surface area contributed by atoms with Crippen LogP contribution in [0, 0.1) is 0 Å². The first-order valence-electron chi connectivity index (χ1n) is 5.82. The third-order valence-electron chi connectivity index (χ3n) is 2.88. The number of ether oxygens (including phenoxy) is 1. The molecule has 1 heterocycles. The van der Waals surface area contributed by atoms with Gasteiger partial charge in [0.1, 0.15) is 0 Å². The summed E-state index contributed by atoms with van der Waals surface area (Å²) in [6.45, 7) is 4.10. The molecule has 1 fully saturated rings. The van der Waals surface area contributed by atoms with Gasteiger partial charge in [-0.05, 0) is 38.7 Å². The Morgan fingerprint density at radius 2 is 2.33 bits per heavy atom. The van der Waals surface area contributed by atoms with Gasteiger partial charge >= 0.3 is 0 Å². The van der Waals surface area contributed by atoms with E-state index < -0.39 is 0 Å². The van der Waals surface area contributed by atoms with Crippen LogP contribution in [0.4, 0.5) is 0 Å². The molecule has 0 spiro atoms. The molecule has 0 aromatic rings. The molecule has 1 aliphatic heterocycles. The molecule has 0 aromatic heterocycles. The molecule has 15 heavy (non-hydrogen) atoms. The monoisotopic (exact) mass is 232 g/mol. The normalized spacial score (nSPS) is 21.4.